The molecule has 1 heterocycles. The number of aromatic nitrogens is 1. The number of nitriles is 1. The van der Waals surface area contributed by atoms with Crippen LogP contribution in [0.15, 0.2) is 23.2 Å². The number of pyridine rings is 1. The second kappa shape index (κ2) is 5.65. The van der Waals surface area contributed by atoms with E-state index in [1.807, 2.05) is 0 Å². The number of sulfonamides is 1. The first-order chi connectivity index (χ1) is 9.04. The molecule has 19 heavy (non-hydrogen) atoms. The zero-order valence-corrected chi connectivity index (χ0v) is 11.1. The number of nitrogens with zero attached hydrogens (tertiary/aromatic N) is 2. The Morgan fingerprint density at radius 1 is 1.53 bits per heavy atom. The number of rotatable bonds is 4. The first-order valence-corrected chi connectivity index (χ1v) is 7.56. The second-order valence-electron chi connectivity index (χ2n) is 4.57. The summed E-state index contributed by atoms with van der Waals surface area (Å²) in [5, 5.41) is 18.5. The lowest BCUT2D eigenvalue weighted by molar-refractivity contribution is 0.134. The van der Waals surface area contributed by atoms with Crippen molar-refractivity contribution >= 4 is 10.0 Å². The minimum atomic E-state index is -3.76. The Morgan fingerprint density at radius 3 is 2.95 bits per heavy atom. The van der Waals surface area contributed by atoms with Crippen LogP contribution in [0.5, 0.6) is 0 Å². The van der Waals surface area contributed by atoms with Crippen LogP contribution in [0.1, 0.15) is 25.0 Å². The molecule has 0 radical (unpaired) electrons. The lowest BCUT2D eigenvalue weighted by Crippen LogP contribution is -2.33. The molecule has 1 aromatic heterocycles. The number of nitrogens with one attached hydrogen (secondary N) is 1. The van der Waals surface area contributed by atoms with E-state index in [1.54, 1.807) is 6.07 Å². The van der Waals surface area contributed by atoms with Gasteiger partial charge in [-0.15, -0.1) is 0 Å². The SMILES string of the molecule is N#Cc1ncccc1S(=O)(=O)NCC1CCCC1O. The highest BCUT2D eigenvalue weighted by molar-refractivity contribution is 7.89. The van der Waals surface area contributed by atoms with Crippen LogP contribution in [0.4, 0.5) is 0 Å². The number of hydrogen-bond acceptors (Lipinski definition) is 5. The smallest absolute Gasteiger partial charge is 0.243 e. The van der Waals surface area contributed by atoms with Gasteiger partial charge in [0.05, 0.1) is 6.10 Å². The highest BCUT2D eigenvalue weighted by Gasteiger charge is 2.27. The highest BCUT2D eigenvalue weighted by Crippen LogP contribution is 2.25. The van der Waals surface area contributed by atoms with E-state index in [4.69, 9.17) is 5.26 Å². The second-order valence-corrected chi connectivity index (χ2v) is 6.31. The summed E-state index contributed by atoms with van der Waals surface area (Å²) in [6.45, 7) is 0.184. The topological polar surface area (TPSA) is 103 Å². The van der Waals surface area contributed by atoms with Crippen LogP contribution in [-0.2, 0) is 10.0 Å². The third-order valence-corrected chi connectivity index (χ3v) is 4.78. The van der Waals surface area contributed by atoms with Crippen molar-refractivity contribution in [2.24, 2.45) is 5.92 Å². The lowest BCUT2D eigenvalue weighted by Gasteiger charge is -2.15. The van der Waals surface area contributed by atoms with Crippen molar-refractivity contribution in [1.82, 2.24) is 9.71 Å². The maximum atomic E-state index is 12.1. The summed E-state index contributed by atoms with van der Waals surface area (Å²) in [5.41, 5.74) is -0.123. The van der Waals surface area contributed by atoms with Crippen molar-refractivity contribution in [3.8, 4) is 6.07 Å². The van der Waals surface area contributed by atoms with Crippen molar-refractivity contribution < 1.29 is 13.5 Å². The van der Waals surface area contributed by atoms with Gasteiger partial charge in [-0.05, 0) is 30.9 Å². The Bertz CT molecular complexity index is 594. The normalized spacial score (nSPS) is 23.2. The Hall–Kier alpha value is -1.49. The molecule has 7 heteroatoms. The average Bonchev–Trinajstić information content (AvgIpc) is 2.82. The summed E-state index contributed by atoms with van der Waals surface area (Å²) < 4.78 is 26.6. The molecule has 6 nitrogen and oxygen atoms in total. The van der Waals surface area contributed by atoms with E-state index in [0.29, 0.717) is 6.42 Å². The number of aliphatic hydroxyl groups is 1. The number of aliphatic hydroxyl groups excluding tert-OH is 1. The Balaban J connectivity index is 2.12. The molecule has 2 rings (SSSR count). The summed E-state index contributed by atoms with van der Waals surface area (Å²) in [5.74, 6) is -0.0583. The van der Waals surface area contributed by atoms with Crippen LogP contribution in [-0.4, -0.2) is 31.2 Å². The molecule has 1 aliphatic rings. The lowest BCUT2D eigenvalue weighted by atomic mass is 10.1. The zero-order chi connectivity index (χ0) is 13.9. The Kier molecular flexibility index (Phi) is 4.14. The summed E-state index contributed by atoms with van der Waals surface area (Å²) in [7, 11) is -3.76. The van der Waals surface area contributed by atoms with Crippen LogP contribution in [0.25, 0.3) is 0 Å². The van der Waals surface area contributed by atoms with E-state index in [1.165, 1.54) is 18.3 Å². The fraction of sp³-hybridized carbons (Fsp3) is 0.500. The van der Waals surface area contributed by atoms with Crippen LogP contribution >= 0.6 is 0 Å². The third-order valence-electron chi connectivity index (χ3n) is 3.32. The van der Waals surface area contributed by atoms with Crippen molar-refractivity contribution in [1.29, 1.82) is 5.26 Å². The van der Waals surface area contributed by atoms with Gasteiger partial charge < -0.3 is 5.11 Å². The van der Waals surface area contributed by atoms with E-state index in [-0.39, 0.29) is 23.1 Å². The molecule has 1 fully saturated rings. The van der Waals surface area contributed by atoms with Crippen LogP contribution < -0.4 is 4.72 Å². The fourth-order valence-corrected chi connectivity index (χ4v) is 3.44. The van der Waals surface area contributed by atoms with Crippen molar-refractivity contribution in [3.05, 3.63) is 24.0 Å². The first kappa shape index (κ1) is 13.9. The molecular weight excluding hydrogens is 266 g/mol. The maximum Gasteiger partial charge on any atom is 0.243 e. The van der Waals surface area contributed by atoms with Crippen molar-refractivity contribution in [2.45, 2.75) is 30.3 Å². The van der Waals surface area contributed by atoms with Gasteiger partial charge in [0.15, 0.2) is 5.69 Å². The minimum absolute atomic E-state index is 0.0583. The van der Waals surface area contributed by atoms with E-state index in [2.05, 4.69) is 9.71 Å². The third kappa shape index (κ3) is 3.10. The van der Waals surface area contributed by atoms with Crippen LogP contribution in [0.3, 0.4) is 0 Å². The molecule has 1 saturated carbocycles. The van der Waals surface area contributed by atoms with Gasteiger partial charge in [0.1, 0.15) is 11.0 Å². The summed E-state index contributed by atoms with van der Waals surface area (Å²) in [4.78, 5) is 3.61. The molecule has 0 bridgehead atoms. The summed E-state index contributed by atoms with van der Waals surface area (Å²) in [6.07, 6.45) is 3.35. The average molecular weight is 281 g/mol. The van der Waals surface area contributed by atoms with Crippen molar-refractivity contribution in [3.63, 3.8) is 0 Å². The first-order valence-electron chi connectivity index (χ1n) is 6.07. The van der Waals surface area contributed by atoms with Crippen molar-refractivity contribution in [2.75, 3.05) is 6.54 Å². The summed E-state index contributed by atoms with van der Waals surface area (Å²) >= 11 is 0. The molecule has 2 atom stereocenters. The predicted octanol–water partition coefficient (Wildman–Crippen LogP) is 0.393. The summed E-state index contributed by atoms with van der Waals surface area (Å²) in [6, 6.07) is 4.58. The molecule has 0 saturated heterocycles. The van der Waals surface area contributed by atoms with Gasteiger partial charge >= 0.3 is 0 Å². The highest BCUT2D eigenvalue weighted by atomic mass is 32.2. The van der Waals surface area contributed by atoms with Gasteiger partial charge in [0, 0.05) is 12.7 Å². The predicted molar refractivity (Wildman–Crippen MR) is 67.5 cm³/mol. The Morgan fingerprint density at radius 2 is 2.32 bits per heavy atom. The standard InChI is InChI=1S/C12H15N3O3S/c13-7-10-12(5-2-6-14-10)19(17,18)15-8-9-3-1-4-11(9)16/h2,5-6,9,11,15-16H,1,3-4,8H2. The van der Waals surface area contributed by atoms with Gasteiger partial charge in [-0.25, -0.2) is 18.1 Å². The van der Waals surface area contributed by atoms with Crippen LogP contribution in [0.2, 0.25) is 0 Å². The molecule has 0 aliphatic heterocycles. The molecule has 1 aromatic rings. The molecular formula is C12H15N3O3S. The molecule has 0 aromatic carbocycles. The van der Waals surface area contributed by atoms with Gasteiger partial charge in [0.2, 0.25) is 10.0 Å². The molecule has 2 N–H and O–H groups in total. The largest absolute Gasteiger partial charge is 0.393 e. The molecule has 0 amide bonds. The van der Waals surface area contributed by atoms with Gasteiger partial charge in [-0.2, -0.15) is 5.26 Å². The van der Waals surface area contributed by atoms with E-state index in [0.717, 1.165) is 12.8 Å². The number of hydrogen-bond donors (Lipinski definition) is 2. The maximum absolute atomic E-state index is 12.1. The molecule has 2 unspecified atom stereocenters. The minimum Gasteiger partial charge on any atom is -0.393 e. The zero-order valence-electron chi connectivity index (χ0n) is 10.3. The molecule has 102 valence electrons. The molecule has 1 aliphatic carbocycles. The van der Waals surface area contributed by atoms with Gasteiger partial charge in [0.25, 0.3) is 0 Å². The van der Waals surface area contributed by atoms with E-state index < -0.39 is 16.1 Å². The van der Waals surface area contributed by atoms with E-state index >= 15 is 0 Å². The Labute approximate surface area is 112 Å². The quantitative estimate of drug-likeness (QED) is 0.831. The molecule has 0 spiro atoms. The monoisotopic (exact) mass is 281 g/mol. The van der Waals surface area contributed by atoms with Crippen LogP contribution in [0, 0.1) is 17.2 Å². The van der Waals surface area contributed by atoms with Gasteiger partial charge in [-0.1, -0.05) is 6.42 Å². The van der Waals surface area contributed by atoms with Gasteiger partial charge in [-0.3, -0.25) is 0 Å². The van der Waals surface area contributed by atoms with E-state index in [9.17, 15) is 13.5 Å². The fourth-order valence-electron chi connectivity index (χ4n) is 2.24.